The van der Waals surface area contributed by atoms with Crippen LogP contribution in [0.3, 0.4) is 0 Å². The second-order valence-electron chi connectivity index (χ2n) is 7.07. The van der Waals surface area contributed by atoms with E-state index in [0.29, 0.717) is 31.9 Å². The highest BCUT2D eigenvalue weighted by Gasteiger charge is 2.31. The highest BCUT2D eigenvalue weighted by atomic mass is 16.5. The number of furan rings is 1. The van der Waals surface area contributed by atoms with Crippen LogP contribution in [0, 0.1) is 13.8 Å². The van der Waals surface area contributed by atoms with E-state index in [2.05, 4.69) is 21.6 Å². The van der Waals surface area contributed by atoms with E-state index in [-0.39, 0.29) is 18.2 Å². The number of nitrogens with zero attached hydrogens (tertiary/aromatic N) is 1. The molecule has 1 aliphatic heterocycles. The standard InChI is InChI=1S/C21H27N3O4/c1-14-10-16(5-7-19(14)27-3)13-24-9-8-22-21(26)18(24)11-20(25)23-12-17-6-4-15(2)28-17/h4-7,10,18H,8-9,11-13H2,1-3H3,(H,22,26)(H,23,25). The van der Waals surface area contributed by atoms with Gasteiger partial charge in [0.25, 0.3) is 0 Å². The molecule has 0 spiro atoms. The van der Waals surface area contributed by atoms with Gasteiger partial charge in [-0.1, -0.05) is 12.1 Å². The molecule has 150 valence electrons. The van der Waals surface area contributed by atoms with Crippen LogP contribution in [0.1, 0.15) is 29.1 Å². The molecule has 0 saturated carbocycles. The number of aryl methyl sites for hydroxylation is 2. The molecule has 1 fully saturated rings. The fourth-order valence-electron chi connectivity index (χ4n) is 3.46. The molecule has 28 heavy (non-hydrogen) atoms. The number of carbonyl (C=O) groups is 2. The Morgan fingerprint density at radius 1 is 1.32 bits per heavy atom. The van der Waals surface area contributed by atoms with E-state index in [1.807, 2.05) is 38.1 Å². The van der Waals surface area contributed by atoms with Gasteiger partial charge in [-0.15, -0.1) is 0 Å². The Morgan fingerprint density at radius 2 is 2.14 bits per heavy atom. The normalized spacial score (nSPS) is 17.2. The molecular weight excluding hydrogens is 358 g/mol. The van der Waals surface area contributed by atoms with Crippen molar-refractivity contribution in [1.82, 2.24) is 15.5 Å². The number of rotatable bonds is 7. The summed E-state index contributed by atoms with van der Waals surface area (Å²) in [7, 11) is 1.65. The van der Waals surface area contributed by atoms with Crippen molar-refractivity contribution in [3.05, 3.63) is 53.0 Å². The Hall–Kier alpha value is -2.80. The van der Waals surface area contributed by atoms with Gasteiger partial charge in [0.2, 0.25) is 11.8 Å². The van der Waals surface area contributed by atoms with Gasteiger partial charge in [-0.3, -0.25) is 14.5 Å². The van der Waals surface area contributed by atoms with Crippen molar-refractivity contribution in [2.75, 3.05) is 20.2 Å². The molecule has 7 nitrogen and oxygen atoms in total. The fraction of sp³-hybridized carbons (Fsp3) is 0.429. The lowest BCUT2D eigenvalue weighted by Crippen LogP contribution is -2.56. The second kappa shape index (κ2) is 8.93. The van der Waals surface area contributed by atoms with Crippen LogP contribution < -0.4 is 15.4 Å². The smallest absolute Gasteiger partial charge is 0.237 e. The van der Waals surface area contributed by atoms with Crippen LogP contribution in [0.4, 0.5) is 0 Å². The van der Waals surface area contributed by atoms with Crippen LogP contribution in [0.2, 0.25) is 0 Å². The number of carbonyl (C=O) groups excluding carboxylic acids is 2. The minimum Gasteiger partial charge on any atom is -0.496 e. The number of hydrogen-bond donors (Lipinski definition) is 2. The summed E-state index contributed by atoms with van der Waals surface area (Å²) in [5.74, 6) is 2.05. The molecular formula is C21H27N3O4. The van der Waals surface area contributed by atoms with Gasteiger partial charge in [0, 0.05) is 19.6 Å². The molecule has 7 heteroatoms. The third-order valence-corrected chi connectivity index (χ3v) is 4.92. The van der Waals surface area contributed by atoms with Gasteiger partial charge in [0.1, 0.15) is 17.3 Å². The molecule has 1 aromatic heterocycles. The molecule has 3 rings (SSSR count). The molecule has 1 aromatic carbocycles. The van der Waals surface area contributed by atoms with Gasteiger partial charge in [-0.2, -0.15) is 0 Å². The summed E-state index contributed by atoms with van der Waals surface area (Å²) in [6.07, 6.45) is 0.112. The summed E-state index contributed by atoms with van der Waals surface area (Å²) >= 11 is 0. The fourth-order valence-corrected chi connectivity index (χ4v) is 3.46. The first-order valence-corrected chi connectivity index (χ1v) is 9.43. The van der Waals surface area contributed by atoms with E-state index in [1.165, 1.54) is 0 Å². The molecule has 2 N–H and O–H groups in total. The van der Waals surface area contributed by atoms with Crippen molar-refractivity contribution in [3.63, 3.8) is 0 Å². The molecule has 1 unspecified atom stereocenters. The van der Waals surface area contributed by atoms with Gasteiger partial charge in [0.15, 0.2) is 0 Å². The van der Waals surface area contributed by atoms with Crippen LogP contribution in [0.5, 0.6) is 5.75 Å². The SMILES string of the molecule is COc1ccc(CN2CCNC(=O)C2CC(=O)NCc2ccc(C)o2)cc1C. The lowest BCUT2D eigenvalue weighted by atomic mass is 10.1. The molecule has 0 bridgehead atoms. The van der Waals surface area contributed by atoms with Gasteiger partial charge in [-0.05, 0) is 43.2 Å². The Bertz CT molecular complexity index is 846. The second-order valence-corrected chi connectivity index (χ2v) is 7.07. The van der Waals surface area contributed by atoms with Crippen molar-refractivity contribution in [3.8, 4) is 5.75 Å². The minimum absolute atomic E-state index is 0.111. The molecule has 1 atom stereocenters. The Balaban J connectivity index is 1.62. The Morgan fingerprint density at radius 3 is 2.82 bits per heavy atom. The zero-order valence-electron chi connectivity index (χ0n) is 16.6. The van der Waals surface area contributed by atoms with E-state index < -0.39 is 6.04 Å². The van der Waals surface area contributed by atoms with E-state index in [9.17, 15) is 9.59 Å². The number of methoxy groups -OCH3 is 1. The Labute approximate surface area is 165 Å². The van der Waals surface area contributed by atoms with Crippen molar-refractivity contribution >= 4 is 11.8 Å². The zero-order valence-corrected chi connectivity index (χ0v) is 16.6. The van der Waals surface area contributed by atoms with Crippen molar-refractivity contribution in [2.24, 2.45) is 0 Å². The lowest BCUT2D eigenvalue weighted by molar-refractivity contribution is -0.134. The predicted molar refractivity (Wildman–Crippen MR) is 105 cm³/mol. The summed E-state index contributed by atoms with van der Waals surface area (Å²) in [4.78, 5) is 26.9. The van der Waals surface area contributed by atoms with Gasteiger partial charge >= 0.3 is 0 Å². The van der Waals surface area contributed by atoms with E-state index >= 15 is 0 Å². The third-order valence-electron chi connectivity index (χ3n) is 4.92. The number of nitrogens with one attached hydrogen (secondary N) is 2. The number of benzene rings is 1. The first kappa shape index (κ1) is 19.9. The predicted octanol–water partition coefficient (Wildman–Crippen LogP) is 1.91. The minimum atomic E-state index is -0.491. The average Bonchev–Trinajstić information content (AvgIpc) is 3.08. The summed E-state index contributed by atoms with van der Waals surface area (Å²) in [5, 5.41) is 5.69. The van der Waals surface area contributed by atoms with Crippen LogP contribution >= 0.6 is 0 Å². The van der Waals surface area contributed by atoms with Gasteiger partial charge < -0.3 is 19.8 Å². The maximum Gasteiger partial charge on any atom is 0.237 e. The van der Waals surface area contributed by atoms with Gasteiger partial charge in [-0.25, -0.2) is 0 Å². The molecule has 1 aliphatic rings. The lowest BCUT2D eigenvalue weighted by Gasteiger charge is -2.34. The van der Waals surface area contributed by atoms with Crippen molar-refractivity contribution in [2.45, 2.75) is 39.4 Å². The maximum atomic E-state index is 12.4. The molecule has 2 amide bonds. The first-order chi connectivity index (χ1) is 13.5. The van der Waals surface area contributed by atoms with Crippen LogP contribution in [0.15, 0.2) is 34.7 Å². The topological polar surface area (TPSA) is 83.8 Å². The number of hydrogen-bond acceptors (Lipinski definition) is 5. The molecule has 0 aliphatic carbocycles. The monoisotopic (exact) mass is 385 g/mol. The molecule has 2 aromatic rings. The molecule has 0 radical (unpaired) electrons. The summed E-state index contributed by atoms with van der Waals surface area (Å²) in [6.45, 7) is 6.05. The number of ether oxygens (including phenoxy) is 1. The zero-order chi connectivity index (χ0) is 20.1. The number of piperazine rings is 1. The average molecular weight is 385 g/mol. The van der Waals surface area contributed by atoms with Crippen molar-refractivity contribution < 1.29 is 18.7 Å². The first-order valence-electron chi connectivity index (χ1n) is 9.43. The highest BCUT2D eigenvalue weighted by Crippen LogP contribution is 2.21. The molecule has 2 heterocycles. The van der Waals surface area contributed by atoms with Crippen molar-refractivity contribution in [1.29, 1.82) is 0 Å². The number of amides is 2. The summed E-state index contributed by atoms with van der Waals surface area (Å²) in [5.41, 5.74) is 2.13. The maximum absolute atomic E-state index is 12.4. The van der Waals surface area contributed by atoms with E-state index in [0.717, 1.165) is 22.6 Å². The Kier molecular flexibility index (Phi) is 6.36. The highest BCUT2D eigenvalue weighted by molar-refractivity contribution is 5.88. The summed E-state index contributed by atoms with van der Waals surface area (Å²) in [6, 6.07) is 9.18. The quantitative estimate of drug-likeness (QED) is 0.761. The third kappa shape index (κ3) is 4.92. The van der Waals surface area contributed by atoms with E-state index in [1.54, 1.807) is 7.11 Å². The molecule has 1 saturated heterocycles. The van der Waals surface area contributed by atoms with Crippen LogP contribution in [-0.4, -0.2) is 43.0 Å². The van der Waals surface area contributed by atoms with Crippen LogP contribution in [-0.2, 0) is 22.7 Å². The van der Waals surface area contributed by atoms with Crippen LogP contribution in [0.25, 0.3) is 0 Å². The van der Waals surface area contributed by atoms with Gasteiger partial charge in [0.05, 0.1) is 26.1 Å². The largest absolute Gasteiger partial charge is 0.496 e. The van der Waals surface area contributed by atoms with E-state index in [4.69, 9.17) is 9.15 Å². The summed E-state index contributed by atoms with van der Waals surface area (Å²) < 4.78 is 10.8.